The number of aromatic amines is 1. The number of ether oxygens (including phenoxy) is 1. The van der Waals surface area contributed by atoms with Gasteiger partial charge >= 0.3 is 0 Å². The number of hydrogen-bond donors (Lipinski definition) is 5. The number of nitrogens with zero attached hydrogens (tertiary/aromatic N) is 2. The van der Waals surface area contributed by atoms with Gasteiger partial charge in [0.1, 0.15) is 30.5 Å². The van der Waals surface area contributed by atoms with Crippen molar-refractivity contribution in [2.75, 3.05) is 6.61 Å². The van der Waals surface area contributed by atoms with E-state index in [1.54, 1.807) is 6.20 Å². The molecule has 0 unspecified atom stereocenters. The van der Waals surface area contributed by atoms with Crippen molar-refractivity contribution in [1.82, 2.24) is 15.2 Å². The number of benzene rings is 1. The monoisotopic (exact) mass is 409 g/mol. The van der Waals surface area contributed by atoms with Crippen LogP contribution in [0.25, 0.3) is 22.0 Å². The van der Waals surface area contributed by atoms with Gasteiger partial charge in [-0.05, 0) is 49.2 Å². The maximum absolute atomic E-state index is 10.2. The van der Waals surface area contributed by atoms with E-state index in [-0.39, 0.29) is 0 Å². The van der Waals surface area contributed by atoms with E-state index in [1.807, 2.05) is 38.1 Å². The van der Waals surface area contributed by atoms with Gasteiger partial charge < -0.3 is 25.2 Å². The zero-order chi connectivity index (χ0) is 21.4. The summed E-state index contributed by atoms with van der Waals surface area (Å²) in [6, 6.07) is 7.89. The average Bonchev–Trinajstić information content (AvgIpc) is 3.19. The quantitative estimate of drug-likeness (QED) is 0.388. The number of aliphatic hydroxyl groups excluding tert-OH is 4. The smallest absolute Gasteiger partial charge is 0.147 e. The molecule has 0 radical (unpaired) electrons. The van der Waals surface area contributed by atoms with Gasteiger partial charge in [0, 0.05) is 16.8 Å². The van der Waals surface area contributed by atoms with Gasteiger partial charge in [0.05, 0.1) is 23.9 Å². The molecule has 8 nitrogen and oxygen atoms in total. The molecule has 1 aliphatic rings. The number of fused-ring (bicyclic) bond motifs is 1. The zero-order valence-corrected chi connectivity index (χ0v) is 16.6. The summed E-state index contributed by atoms with van der Waals surface area (Å²) in [4.78, 5) is 4.41. The minimum Gasteiger partial charge on any atom is -0.394 e. The van der Waals surface area contributed by atoms with Crippen LogP contribution in [0.4, 0.5) is 0 Å². The summed E-state index contributed by atoms with van der Waals surface area (Å²) in [7, 11) is 0. The van der Waals surface area contributed by atoms with Gasteiger partial charge in [0.2, 0.25) is 0 Å². The largest absolute Gasteiger partial charge is 0.394 e. The molecule has 3 aromatic rings. The Bertz CT molecular complexity index is 1110. The van der Waals surface area contributed by atoms with Crippen molar-refractivity contribution in [3.8, 4) is 23.0 Å². The minimum atomic E-state index is -1.46. The molecule has 1 aliphatic heterocycles. The van der Waals surface area contributed by atoms with Crippen molar-refractivity contribution >= 4 is 10.9 Å². The highest BCUT2D eigenvalue weighted by atomic mass is 16.5. The van der Waals surface area contributed by atoms with Gasteiger partial charge in [-0.3, -0.25) is 10.1 Å². The van der Waals surface area contributed by atoms with Crippen LogP contribution in [0, 0.1) is 25.7 Å². The van der Waals surface area contributed by atoms with E-state index in [9.17, 15) is 20.4 Å². The lowest BCUT2D eigenvalue weighted by Crippen LogP contribution is -2.58. The molecule has 2 aromatic heterocycles. The van der Waals surface area contributed by atoms with E-state index in [4.69, 9.17) is 4.74 Å². The highest BCUT2D eigenvalue weighted by Crippen LogP contribution is 2.28. The molecule has 8 heteroatoms. The van der Waals surface area contributed by atoms with Gasteiger partial charge in [0.15, 0.2) is 0 Å². The van der Waals surface area contributed by atoms with Crippen LogP contribution in [0.1, 0.15) is 17.0 Å². The molecule has 4 rings (SSSR count). The maximum atomic E-state index is 10.2. The molecule has 1 saturated heterocycles. The summed E-state index contributed by atoms with van der Waals surface area (Å²) in [5.41, 5.74) is 5.13. The number of hydrogen-bond acceptors (Lipinski definition) is 7. The van der Waals surface area contributed by atoms with Crippen molar-refractivity contribution in [2.24, 2.45) is 0 Å². The predicted octanol–water partition coefficient (Wildman–Crippen LogP) is 0.436. The van der Waals surface area contributed by atoms with Crippen molar-refractivity contribution < 1.29 is 25.2 Å². The zero-order valence-electron chi connectivity index (χ0n) is 16.6. The fourth-order valence-electron chi connectivity index (χ4n) is 3.69. The Kier molecular flexibility index (Phi) is 5.56. The molecule has 0 amide bonds. The maximum Gasteiger partial charge on any atom is 0.147 e. The Morgan fingerprint density at radius 3 is 2.40 bits per heavy atom. The number of aryl methyl sites for hydroxylation is 2. The molecule has 1 aromatic carbocycles. The minimum absolute atomic E-state index is 0.496. The molecule has 5 N–H and O–H groups in total. The van der Waals surface area contributed by atoms with Gasteiger partial charge in [-0.15, -0.1) is 0 Å². The third-order valence-electron chi connectivity index (χ3n) is 5.21. The standard InChI is InChI=1S/C22H23N3O5/c1-11-5-14(6-12(2)24-11)15-7-13(19-16(8-15)9-23-25-19)3-4-17-20(27)22(29)21(28)18(10-26)30-17/h5-9,17-18,20-22,26-29H,10H2,1-2H3,(H,23,25)/t17-,18-,20-,21-,22-/m1/s1. The van der Waals surface area contributed by atoms with Crippen LogP contribution in [0.5, 0.6) is 0 Å². The van der Waals surface area contributed by atoms with Crippen LogP contribution in [0.15, 0.2) is 30.5 Å². The van der Waals surface area contributed by atoms with Crippen LogP contribution < -0.4 is 0 Å². The van der Waals surface area contributed by atoms with Gasteiger partial charge in [-0.2, -0.15) is 5.10 Å². The summed E-state index contributed by atoms with van der Waals surface area (Å²) in [5, 5.41) is 47.3. The molecule has 156 valence electrons. The summed E-state index contributed by atoms with van der Waals surface area (Å²) in [6.45, 7) is 3.38. The Labute approximate surface area is 173 Å². The number of aromatic nitrogens is 3. The normalized spacial score (nSPS) is 26.4. The summed E-state index contributed by atoms with van der Waals surface area (Å²) >= 11 is 0. The Morgan fingerprint density at radius 1 is 1.00 bits per heavy atom. The molecular weight excluding hydrogens is 386 g/mol. The van der Waals surface area contributed by atoms with Crippen molar-refractivity contribution in [3.63, 3.8) is 0 Å². The number of pyridine rings is 1. The fourth-order valence-corrected chi connectivity index (χ4v) is 3.69. The van der Waals surface area contributed by atoms with E-state index in [0.717, 1.165) is 33.4 Å². The van der Waals surface area contributed by atoms with E-state index >= 15 is 0 Å². The van der Waals surface area contributed by atoms with Gasteiger partial charge in [-0.1, -0.05) is 11.8 Å². The second-order valence-corrected chi connectivity index (χ2v) is 7.52. The summed E-state index contributed by atoms with van der Waals surface area (Å²) in [6.07, 6.45) is -4.63. The predicted molar refractivity (Wildman–Crippen MR) is 109 cm³/mol. The van der Waals surface area contributed by atoms with Crippen LogP contribution in [0.3, 0.4) is 0 Å². The van der Waals surface area contributed by atoms with Crippen LogP contribution in [-0.4, -0.2) is 72.7 Å². The highest BCUT2D eigenvalue weighted by Gasteiger charge is 2.42. The number of aliphatic hydroxyl groups is 4. The molecule has 30 heavy (non-hydrogen) atoms. The van der Waals surface area contributed by atoms with E-state index in [1.165, 1.54) is 0 Å². The third kappa shape index (κ3) is 3.81. The Balaban J connectivity index is 1.74. The lowest BCUT2D eigenvalue weighted by molar-refractivity contribution is -0.214. The number of rotatable bonds is 2. The topological polar surface area (TPSA) is 132 Å². The van der Waals surface area contributed by atoms with Crippen LogP contribution >= 0.6 is 0 Å². The molecule has 0 saturated carbocycles. The average molecular weight is 409 g/mol. The lowest BCUT2D eigenvalue weighted by atomic mass is 9.95. The van der Waals surface area contributed by atoms with Crippen molar-refractivity contribution in [2.45, 2.75) is 44.4 Å². The number of H-pyrrole nitrogens is 1. The molecule has 0 spiro atoms. The molecule has 3 heterocycles. The first-order chi connectivity index (χ1) is 14.4. The Hall–Kier alpha value is -2.80. The first-order valence-electron chi connectivity index (χ1n) is 9.62. The molecule has 0 bridgehead atoms. The highest BCUT2D eigenvalue weighted by molar-refractivity contribution is 5.89. The van der Waals surface area contributed by atoms with Gasteiger partial charge in [-0.25, -0.2) is 0 Å². The second kappa shape index (κ2) is 8.14. The molecular formula is C22H23N3O5. The van der Waals surface area contributed by atoms with Crippen molar-refractivity contribution in [3.05, 3.63) is 47.4 Å². The van der Waals surface area contributed by atoms with Gasteiger partial charge in [0.25, 0.3) is 0 Å². The van der Waals surface area contributed by atoms with E-state index in [2.05, 4.69) is 27.0 Å². The molecule has 0 aliphatic carbocycles. The molecule has 1 fully saturated rings. The summed E-state index contributed by atoms with van der Waals surface area (Å²) in [5.74, 6) is 5.82. The molecule has 5 atom stereocenters. The Morgan fingerprint density at radius 2 is 1.70 bits per heavy atom. The first kappa shape index (κ1) is 20.5. The van der Waals surface area contributed by atoms with Crippen LogP contribution in [-0.2, 0) is 4.74 Å². The number of nitrogens with one attached hydrogen (secondary N) is 1. The second-order valence-electron chi connectivity index (χ2n) is 7.52. The van der Waals surface area contributed by atoms with Crippen LogP contribution in [0.2, 0.25) is 0 Å². The lowest BCUT2D eigenvalue weighted by Gasteiger charge is -2.37. The fraction of sp³-hybridized carbons (Fsp3) is 0.364. The first-order valence-corrected chi connectivity index (χ1v) is 9.62. The van der Waals surface area contributed by atoms with Crippen molar-refractivity contribution in [1.29, 1.82) is 0 Å². The van der Waals surface area contributed by atoms with E-state index < -0.39 is 37.1 Å². The van der Waals surface area contributed by atoms with E-state index in [0.29, 0.717) is 5.56 Å². The third-order valence-corrected chi connectivity index (χ3v) is 5.21. The summed E-state index contributed by atoms with van der Waals surface area (Å²) < 4.78 is 5.47. The SMILES string of the molecule is Cc1cc(-c2cc(C#C[C@H]3O[C@H](CO)[C@@H](O)[C@H](O)[C@@H]3O)c3[nH]ncc3c2)cc(C)n1.